The van der Waals surface area contributed by atoms with Gasteiger partial charge < -0.3 is 4.74 Å². The van der Waals surface area contributed by atoms with Gasteiger partial charge in [-0.3, -0.25) is 25.4 Å². The predicted octanol–water partition coefficient (Wildman–Crippen LogP) is 1.62. The van der Waals surface area contributed by atoms with Crippen molar-refractivity contribution in [2.75, 3.05) is 0 Å². The van der Waals surface area contributed by atoms with Gasteiger partial charge in [-0.1, -0.05) is 18.2 Å². The number of aromatic nitrogens is 1. The van der Waals surface area contributed by atoms with E-state index in [-0.39, 0.29) is 5.69 Å². The van der Waals surface area contributed by atoms with Crippen molar-refractivity contribution in [3.05, 3.63) is 59.9 Å². The van der Waals surface area contributed by atoms with Gasteiger partial charge in [-0.15, -0.1) is 0 Å². The van der Waals surface area contributed by atoms with Crippen LogP contribution in [0.25, 0.3) is 0 Å². The van der Waals surface area contributed by atoms with Crippen molar-refractivity contribution in [2.45, 2.75) is 20.0 Å². The number of hydrazine groups is 1. The molecule has 0 bridgehead atoms. The Hall–Kier alpha value is -2.89. The average molecular weight is 299 g/mol. The zero-order chi connectivity index (χ0) is 15.9. The molecular weight excluding hydrogens is 282 g/mol. The highest BCUT2D eigenvalue weighted by Gasteiger charge is 2.16. The molecule has 114 valence electrons. The first kappa shape index (κ1) is 15.5. The van der Waals surface area contributed by atoms with Crippen LogP contribution in [0, 0.1) is 6.92 Å². The van der Waals surface area contributed by atoms with Crippen molar-refractivity contribution >= 4 is 11.8 Å². The van der Waals surface area contributed by atoms with Gasteiger partial charge in [0.2, 0.25) is 0 Å². The highest BCUT2D eigenvalue weighted by Crippen LogP contribution is 2.14. The Morgan fingerprint density at radius 1 is 1.14 bits per heavy atom. The van der Waals surface area contributed by atoms with Gasteiger partial charge >= 0.3 is 0 Å². The van der Waals surface area contributed by atoms with Crippen molar-refractivity contribution < 1.29 is 14.3 Å². The molecule has 0 aliphatic heterocycles. The second-order valence-corrected chi connectivity index (χ2v) is 4.73. The van der Waals surface area contributed by atoms with Crippen LogP contribution in [0.1, 0.15) is 23.0 Å². The maximum atomic E-state index is 11.9. The normalized spacial score (nSPS) is 11.4. The molecule has 0 aliphatic rings. The fourth-order valence-corrected chi connectivity index (χ4v) is 1.73. The van der Waals surface area contributed by atoms with Gasteiger partial charge in [0.05, 0.1) is 0 Å². The molecule has 2 rings (SSSR count). The number of nitrogens with one attached hydrogen (secondary N) is 2. The van der Waals surface area contributed by atoms with Crippen LogP contribution >= 0.6 is 0 Å². The molecule has 1 aromatic carbocycles. The molecule has 0 saturated carbocycles. The SMILES string of the molecule is Cc1cccc(OC(C)C(=O)NNC(=O)c2ccccn2)c1. The summed E-state index contributed by atoms with van der Waals surface area (Å²) in [5.74, 6) is -0.346. The van der Waals surface area contributed by atoms with Crippen LogP contribution in [0.2, 0.25) is 0 Å². The summed E-state index contributed by atoms with van der Waals surface area (Å²) in [6.45, 7) is 3.54. The van der Waals surface area contributed by atoms with Gasteiger partial charge in [0.15, 0.2) is 6.10 Å². The van der Waals surface area contributed by atoms with Crippen molar-refractivity contribution in [1.29, 1.82) is 0 Å². The Labute approximate surface area is 128 Å². The molecule has 1 heterocycles. The second kappa shape index (κ2) is 7.21. The molecule has 2 aromatic rings. The van der Waals surface area contributed by atoms with E-state index in [1.54, 1.807) is 31.2 Å². The van der Waals surface area contributed by atoms with Crippen LogP contribution in [0.15, 0.2) is 48.7 Å². The monoisotopic (exact) mass is 299 g/mol. The first-order valence-corrected chi connectivity index (χ1v) is 6.81. The Balaban J connectivity index is 1.85. The number of rotatable bonds is 4. The standard InChI is InChI=1S/C16H17N3O3/c1-11-6-5-7-13(10-11)22-12(2)15(20)18-19-16(21)14-8-3-4-9-17-14/h3-10,12H,1-2H3,(H,18,20)(H,19,21). The topological polar surface area (TPSA) is 80.3 Å². The number of pyridine rings is 1. The number of hydrogen-bond acceptors (Lipinski definition) is 4. The molecule has 6 nitrogen and oxygen atoms in total. The van der Waals surface area contributed by atoms with E-state index in [0.29, 0.717) is 5.75 Å². The molecule has 0 radical (unpaired) electrons. The molecule has 0 fully saturated rings. The van der Waals surface area contributed by atoms with Gasteiger partial charge in [0, 0.05) is 6.20 Å². The molecule has 6 heteroatoms. The number of benzene rings is 1. The third-order valence-corrected chi connectivity index (χ3v) is 2.87. The molecule has 0 saturated heterocycles. The molecule has 0 aliphatic carbocycles. The summed E-state index contributed by atoms with van der Waals surface area (Å²) in [6, 6.07) is 12.3. The van der Waals surface area contributed by atoms with E-state index in [2.05, 4.69) is 15.8 Å². The minimum atomic E-state index is -0.745. The van der Waals surface area contributed by atoms with Crippen molar-refractivity contribution in [3.63, 3.8) is 0 Å². The van der Waals surface area contributed by atoms with Gasteiger partial charge in [-0.05, 0) is 43.7 Å². The maximum absolute atomic E-state index is 11.9. The summed E-state index contributed by atoms with van der Waals surface area (Å²) in [5.41, 5.74) is 5.86. The minimum Gasteiger partial charge on any atom is -0.481 e. The number of carbonyl (C=O) groups is 2. The number of ether oxygens (including phenoxy) is 1. The Morgan fingerprint density at radius 3 is 2.64 bits per heavy atom. The summed E-state index contributed by atoms with van der Waals surface area (Å²) >= 11 is 0. The zero-order valence-corrected chi connectivity index (χ0v) is 12.4. The smallest absolute Gasteiger partial charge is 0.288 e. The molecule has 1 unspecified atom stereocenters. The lowest BCUT2D eigenvalue weighted by Crippen LogP contribution is -2.47. The number of carbonyl (C=O) groups excluding carboxylic acids is 2. The molecule has 22 heavy (non-hydrogen) atoms. The number of amides is 2. The Kier molecular flexibility index (Phi) is 5.08. The second-order valence-electron chi connectivity index (χ2n) is 4.73. The lowest BCUT2D eigenvalue weighted by atomic mass is 10.2. The minimum absolute atomic E-state index is 0.218. The molecule has 1 aromatic heterocycles. The Bertz CT molecular complexity index is 659. The van der Waals surface area contributed by atoms with E-state index < -0.39 is 17.9 Å². The van der Waals surface area contributed by atoms with E-state index in [1.165, 1.54) is 6.20 Å². The van der Waals surface area contributed by atoms with E-state index >= 15 is 0 Å². The maximum Gasteiger partial charge on any atom is 0.288 e. The van der Waals surface area contributed by atoms with E-state index in [0.717, 1.165) is 5.56 Å². The summed E-state index contributed by atoms with van der Waals surface area (Å²) in [4.78, 5) is 27.5. The van der Waals surface area contributed by atoms with Gasteiger partial charge in [-0.25, -0.2) is 0 Å². The molecule has 1 atom stereocenters. The lowest BCUT2D eigenvalue weighted by molar-refractivity contribution is -0.128. The highest BCUT2D eigenvalue weighted by molar-refractivity contribution is 5.94. The first-order chi connectivity index (χ1) is 10.6. The van der Waals surface area contributed by atoms with Crippen LogP contribution in [-0.2, 0) is 4.79 Å². The summed E-state index contributed by atoms with van der Waals surface area (Å²) in [7, 11) is 0. The van der Waals surface area contributed by atoms with Crippen LogP contribution in [0.4, 0.5) is 0 Å². The van der Waals surface area contributed by atoms with Crippen LogP contribution < -0.4 is 15.6 Å². The van der Waals surface area contributed by atoms with Gasteiger partial charge in [-0.2, -0.15) is 0 Å². The quantitative estimate of drug-likeness (QED) is 0.841. The third-order valence-electron chi connectivity index (χ3n) is 2.87. The molecular formula is C16H17N3O3. The summed E-state index contributed by atoms with van der Waals surface area (Å²) < 4.78 is 5.52. The largest absolute Gasteiger partial charge is 0.481 e. The lowest BCUT2D eigenvalue weighted by Gasteiger charge is -2.15. The zero-order valence-electron chi connectivity index (χ0n) is 12.4. The van der Waals surface area contributed by atoms with Gasteiger partial charge in [0.1, 0.15) is 11.4 Å². The van der Waals surface area contributed by atoms with Crippen molar-refractivity contribution in [2.24, 2.45) is 0 Å². The number of hydrogen-bond donors (Lipinski definition) is 2. The predicted molar refractivity (Wildman–Crippen MR) is 81.1 cm³/mol. The number of aryl methyl sites for hydroxylation is 1. The van der Waals surface area contributed by atoms with Crippen LogP contribution in [0.5, 0.6) is 5.75 Å². The average Bonchev–Trinajstić information content (AvgIpc) is 2.53. The fraction of sp³-hybridized carbons (Fsp3) is 0.188. The Morgan fingerprint density at radius 2 is 1.95 bits per heavy atom. The van der Waals surface area contributed by atoms with E-state index in [9.17, 15) is 9.59 Å². The summed E-state index contributed by atoms with van der Waals surface area (Å²) in [5, 5.41) is 0. The van der Waals surface area contributed by atoms with E-state index in [1.807, 2.05) is 25.1 Å². The fourth-order valence-electron chi connectivity index (χ4n) is 1.73. The van der Waals surface area contributed by atoms with Crippen LogP contribution in [0.3, 0.4) is 0 Å². The molecule has 2 amide bonds. The third kappa shape index (κ3) is 4.31. The van der Waals surface area contributed by atoms with E-state index in [4.69, 9.17) is 4.74 Å². The molecule has 2 N–H and O–H groups in total. The summed E-state index contributed by atoms with van der Waals surface area (Å²) in [6.07, 6.45) is 0.756. The van der Waals surface area contributed by atoms with Crippen LogP contribution in [-0.4, -0.2) is 22.9 Å². The van der Waals surface area contributed by atoms with Gasteiger partial charge in [0.25, 0.3) is 11.8 Å². The highest BCUT2D eigenvalue weighted by atomic mass is 16.5. The number of nitrogens with zero attached hydrogens (tertiary/aromatic N) is 1. The first-order valence-electron chi connectivity index (χ1n) is 6.81. The molecule has 0 spiro atoms. The van der Waals surface area contributed by atoms with Crippen molar-refractivity contribution in [1.82, 2.24) is 15.8 Å². The van der Waals surface area contributed by atoms with Crippen molar-refractivity contribution in [3.8, 4) is 5.75 Å².